The zero-order valence-electron chi connectivity index (χ0n) is 18.8. The first-order valence-electron chi connectivity index (χ1n) is 10.6. The molecule has 2 unspecified atom stereocenters. The Hall–Kier alpha value is -2.31. The third-order valence-corrected chi connectivity index (χ3v) is 6.86. The molecule has 0 spiro atoms. The normalized spacial score (nSPS) is 21.3. The van der Waals surface area contributed by atoms with Gasteiger partial charge in [0.1, 0.15) is 0 Å². The largest absolute Gasteiger partial charge is 0.465 e. The summed E-state index contributed by atoms with van der Waals surface area (Å²) in [6, 6.07) is 8.42. The molecular formula is C24H29Cl2N3O3. The number of hydrogen-bond acceptors (Lipinski definition) is 3. The van der Waals surface area contributed by atoms with Crippen LogP contribution in [0.1, 0.15) is 55.2 Å². The Morgan fingerprint density at radius 1 is 1.28 bits per heavy atom. The molecule has 0 radical (unpaired) electrons. The number of nitrogens with zero attached hydrogens (tertiary/aromatic N) is 2. The predicted molar refractivity (Wildman–Crippen MR) is 127 cm³/mol. The molecule has 0 aliphatic carbocycles. The number of piperidine rings is 1. The van der Waals surface area contributed by atoms with Crippen LogP contribution in [0, 0.1) is 12.3 Å². The molecular weight excluding hydrogens is 449 g/mol. The zero-order valence-corrected chi connectivity index (χ0v) is 20.3. The van der Waals surface area contributed by atoms with Gasteiger partial charge in [0.05, 0.1) is 16.3 Å². The number of likely N-dealkylation sites (tertiary alicyclic amines) is 1. The summed E-state index contributed by atoms with van der Waals surface area (Å²) in [7, 11) is 0. The number of pyridine rings is 1. The van der Waals surface area contributed by atoms with Crippen LogP contribution < -0.4 is 5.32 Å². The molecule has 6 nitrogen and oxygen atoms in total. The maximum Gasteiger partial charge on any atom is 0.407 e. The lowest BCUT2D eigenvalue weighted by molar-refractivity contribution is 0.0281. The maximum absolute atomic E-state index is 13.0. The molecule has 0 saturated carbocycles. The number of aromatic nitrogens is 1. The van der Waals surface area contributed by atoms with E-state index in [0.29, 0.717) is 36.5 Å². The SMILES string of the molecule is Cc1cccnc1C1(CNC(=O)c2ccc(Cl)cc2Cl)CCN(C(=O)O)C(C(C)(C)C)C1. The molecule has 172 valence electrons. The monoisotopic (exact) mass is 477 g/mol. The van der Waals surface area contributed by atoms with E-state index in [1.54, 1.807) is 18.3 Å². The van der Waals surface area contributed by atoms with Gasteiger partial charge in [-0.1, -0.05) is 50.0 Å². The second-order valence-corrected chi connectivity index (χ2v) is 10.4. The first-order chi connectivity index (χ1) is 14.9. The molecule has 2 heterocycles. The van der Waals surface area contributed by atoms with Gasteiger partial charge < -0.3 is 15.3 Å². The van der Waals surface area contributed by atoms with E-state index in [4.69, 9.17) is 23.2 Å². The lowest BCUT2D eigenvalue weighted by Gasteiger charge is -2.50. The molecule has 1 saturated heterocycles. The molecule has 1 aliphatic heterocycles. The van der Waals surface area contributed by atoms with E-state index in [1.807, 2.05) is 39.8 Å². The third-order valence-electron chi connectivity index (χ3n) is 6.31. The zero-order chi connectivity index (χ0) is 23.7. The number of carbonyl (C=O) groups excluding carboxylic acids is 1. The van der Waals surface area contributed by atoms with E-state index >= 15 is 0 Å². The minimum absolute atomic E-state index is 0.230. The summed E-state index contributed by atoms with van der Waals surface area (Å²) in [5, 5.41) is 13.6. The Morgan fingerprint density at radius 3 is 2.59 bits per heavy atom. The number of rotatable bonds is 4. The van der Waals surface area contributed by atoms with E-state index in [1.165, 1.54) is 11.0 Å². The van der Waals surface area contributed by atoms with Crippen molar-refractivity contribution in [2.75, 3.05) is 13.1 Å². The summed E-state index contributed by atoms with van der Waals surface area (Å²) in [4.78, 5) is 31.1. The van der Waals surface area contributed by atoms with Gasteiger partial charge >= 0.3 is 6.09 Å². The molecule has 1 aromatic heterocycles. The molecule has 1 fully saturated rings. The minimum Gasteiger partial charge on any atom is -0.465 e. The van der Waals surface area contributed by atoms with E-state index in [-0.39, 0.29) is 22.4 Å². The van der Waals surface area contributed by atoms with Crippen LogP contribution in [0.15, 0.2) is 36.5 Å². The van der Waals surface area contributed by atoms with Crippen LogP contribution >= 0.6 is 23.2 Å². The molecule has 1 aliphatic rings. The molecule has 3 rings (SSSR count). The lowest BCUT2D eigenvalue weighted by atomic mass is 9.66. The van der Waals surface area contributed by atoms with Gasteiger partial charge in [0.15, 0.2) is 0 Å². The predicted octanol–water partition coefficient (Wildman–Crippen LogP) is 5.55. The average molecular weight is 478 g/mol. The number of halogens is 2. The van der Waals surface area contributed by atoms with E-state index in [0.717, 1.165) is 11.3 Å². The number of nitrogens with one attached hydrogen (secondary N) is 1. The van der Waals surface area contributed by atoms with Crippen LogP contribution in [0.25, 0.3) is 0 Å². The summed E-state index contributed by atoms with van der Waals surface area (Å²) in [5.74, 6) is -0.299. The molecule has 1 aromatic carbocycles. The standard InChI is InChI=1S/C24H29Cl2N3O3/c1-15-6-5-10-27-20(15)24(9-11-29(22(31)32)19(13-24)23(2,3)4)14-28-21(30)17-8-7-16(25)12-18(17)26/h5-8,10,12,19H,9,11,13-14H2,1-4H3,(H,28,30)(H,31,32). The Kier molecular flexibility index (Phi) is 7.06. The fraction of sp³-hybridized carbons (Fsp3) is 0.458. The molecule has 8 heteroatoms. The van der Waals surface area contributed by atoms with Gasteiger partial charge in [-0.3, -0.25) is 9.78 Å². The van der Waals surface area contributed by atoms with Gasteiger partial charge in [-0.25, -0.2) is 4.79 Å². The Morgan fingerprint density at radius 2 is 2.00 bits per heavy atom. The van der Waals surface area contributed by atoms with E-state index in [2.05, 4.69) is 10.3 Å². The average Bonchev–Trinajstić information content (AvgIpc) is 2.71. The molecule has 2 amide bonds. The summed E-state index contributed by atoms with van der Waals surface area (Å²) >= 11 is 12.2. The summed E-state index contributed by atoms with van der Waals surface area (Å²) in [5.41, 5.74) is 1.46. The third kappa shape index (κ3) is 5.02. The van der Waals surface area contributed by atoms with Gasteiger partial charge in [0, 0.05) is 35.8 Å². The summed E-state index contributed by atoms with van der Waals surface area (Å²) in [6.07, 6.45) is 1.93. The van der Waals surface area contributed by atoms with Gasteiger partial charge in [-0.15, -0.1) is 0 Å². The van der Waals surface area contributed by atoms with Crippen LogP contribution in [0.5, 0.6) is 0 Å². The van der Waals surface area contributed by atoms with Crippen molar-refractivity contribution >= 4 is 35.2 Å². The van der Waals surface area contributed by atoms with Gasteiger partial charge in [0.2, 0.25) is 0 Å². The van der Waals surface area contributed by atoms with Crippen molar-refractivity contribution in [1.82, 2.24) is 15.2 Å². The van der Waals surface area contributed by atoms with Crippen LogP contribution in [0.4, 0.5) is 4.79 Å². The first kappa shape index (κ1) is 24.3. The van der Waals surface area contributed by atoms with Crippen molar-refractivity contribution < 1.29 is 14.7 Å². The van der Waals surface area contributed by atoms with Crippen LogP contribution in [-0.2, 0) is 5.41 Å². The summed E-state index contributed by atoms with van der Waals surface area (Å²) in [6.45, 7) is 8.81. The number of hydrogen-bond donors (Lipinski definition) is 2. The molecule has 2 aromatic rings. The minimum atomic E-state index is -0.923. The topological polar surface area (TPSA) is 82.5 Å². The van der Waals surface area contributed by atoms with Crippen molar-refractivity contribution in [3.63, 3.8) is 0 Å². The quantitative estimate of drug-likeness (QED) is 0.604. The molecule has 0 bridgehead atoms. The van der Waals surface area contributed by atoms with E-state index in [9.17, 15) is 14.7 Å². The molecule has 2 N–H and O–H groups in total. The number of benzene rings is 1. The second kappa shape index (κ2) is 9.28. The molecule has 32 heavy (non-hydrogen) atoms. The molecule has 2 atom stereocenters. The lowest BCUT2D eigenvalue weighted by Crippen LogP contribution is -2.58. The van der Waals surface area contributed by atoms with Crippen molar-refractivity contribution in [1.29, 1.82) is 0 Å². The van der Waals surface area contributed by atoms with E-state index < -0.39 is 11.5 Å². The van der Waals surface area contributed by atoms with Crippen molar-refractivity contribution in [3.05, 3.63) is 63.4 Å². The number of aryl methyl sites for hydroxylation is 1. The smallest absolute Gasteiger partial charge is 0.407 e. The number of carbonyl (C=O) groups is 2. The van der Waals surface area contributed by atoms with Crippen molar-refractivity contribution in [2.45, 2.75) is 52.0 Å². The maximum atomic E-state index is 13.0. The second-order valence-electron chi connectivity index (χ2n) is 9.57. The van der Waals surface area contributed by atoms with Crippen molar-refractivity contribution in [3.8, 4) is 0 Å². The Bertz CT molecular complexity index is 1020. The highest BCUT2D eigenvalue weighted by Crippen LogP contribution is 2.43. The first-order valence-corrected chi connectivity index (χ1v) is 11.4. The van der Waals surface area contributed by atoms with Gasteiger partial charge in [-0.2, -0.15) is 0 Å². The fourth-order valence-corrected chi connectivity index (χ4v) is 5.09. The van der Waals surface area contributed by atoms with Gasteiger partial charge in [0.25, 0.3) is 5.91 Å². The van der Waals surface area contributed by atoms with Crippen LogP contribution in [0.2, 0.25) is 10.0 Å². The highest BCUT2D eigenvalue weighted by molar-refractivity contribution is 6.36. The fourth-order valence-electron chi connectivity index (χ4n) is 4.59. The van der Waals surface area contributed by atoms with Crippen LogP contribution in [0.3, 0.4) is 0 Å². The highest BCUT2D eigenvalue weighted by atomic mass is 35.5. The Balaban J connectivity index is 1.97. The van der Waals surface area contributed by atoms with Crippen molar-refractivity contribution in [2.24, 2.45) is 5.41 Å². The highest BCUT2D eigenvalue weighted by Gasteiger charge is 2.48. The number of carboxylic acid groups (broad SMARTS) is 1. The van der Waals surface area contributed by atoms with Gasteiger partial charge in [-0.05, 0) is 55.0 Å². The number of amides is 2. The van der Waals surface area contributed by atoms with Crippen LogP contribution in [-0.4, -0.2) is 46.1 Å². The summed E-state index contributed by atoms with van der Waals surface area (Å²) < 4.78 is 0. The Labute approximate surface area is 198 Å².